The second-order valence-corrected chi connectivity index (χ2v) is 1.93. The molecule has 0 saturated heterocycles. The Morgan fingerprint density at radius 2 is 1.38 bits per heavy atom. The predicted octanol–water partition coefficient (Wildman–Crippen LogP) is 2.60. The average molecular weight is 164 g/mol. The van der Waals surface area contributed by atoms with E-state index >= 15 is 0 Å². The SMILES string of the molecule is [CH-]1CCCCC1.[CH3-].[Zn+2]. The molecule has 8 heavy (non-hydrogen) atoms. The molecular formula is C7H14Zn. The smallest absolute Gasteiger partial charge is 0.358 e. The van der Waals surface area contributed by atoms with Crippen molar-refractivity contribution >= 4 is 0 Å². The van der Waals surface area contributed by atoms with Crippen LogP contribution in [0.4, 0.5) is 0 Å². The summed E-state index contributed by atoms with van der Waals surface area (Å²) < 4.78 is 0. The molecule has 1 aliphatic carbocycles. The Morgan fingerprint density at radius 3 is 1.50 bits per heavy atom. The van der Waals surface area contributed by atoms with Gasteiger partial charge >= 0.3 is 19.5 Å². The van der Waals surface area contributed by atoms with Crippen LogP contribution in [-0.2, 0) is 19.5 Å². The van der Waals surface area contributed by atoms with Crippen LogP contribution in [0, 0.1) is 13.8 Å². The molecule has 0 atom stereocenters. The van der Waals surface area contributed by atoms with Gasteiger partial charge in [0.1, 0.15) is 0 Å². The van der Waals surface area contributed by atoms with Crippen LogP contribution >= 0.6 is 0 Å². The van der Waals surface area contributed by atoms with Gasteiger partial charge in [-0.15, -0.1) is 0 Å². The topological polar surface area (TPSA) is 0 Å². The Balaban J connectivity index is 0. The molecule has 0 heterocycles. The minimum Gasteiger partial charge on any atom is -0.358 e. The molecule has 1 fully saturated rings. The van der Waals surface area contributed by atoms with Crippen LogP contribution in [0.5, 0.6) is 0 Å². The van der Waals surface area contributed by atoms with E-state index in [1.54, 1.807) is 0 Å². The van der Waals surface area contributed by atoms with E-state index in [4.69, 9.17) is 0 Å². The van der Waals surface area contributed by atoms with E-state index in [1.165, 1.54) is 32.1 Å². The van der Waals surface area contributed by atoms with Crippen molar-refractivity contribution in [3.05, 3.63) is 13.8 Å². The van der Waals surface area contributed by atoms with Crippen LogP contribution in [0.25, 0.3) is 0 Å². The van der Waals surface area contributed by atoms with Crippen molar-refractivity contribution in [2.45, 2.75) is 32.1 Å². The second kappa shape index (κ2) is 7.62. The first kappa shape index (κ1) is 11.4. The molecule has 0 aromatic carbocycles. The van der Waals surface area contributed by atoms with Crippen molar-refractivity contribution in [3.8, 4) is 0 Å². The summed E-state index contributed by atoms with van der Waals surface area (Å²) in [6.07, 6.45) is 9.50. The third kappa shape index (κ3) is 4.77. The van der Waals surface area contributed by atoms with E-state index in [-0.39, 0.29) is 26.9 Å². The molecule has 1 heteroatoms. The van der Waals surface area contributed by atoms with Gasteiger partial charge in [0, 0.05) is 0 Å². The summed E-state index contributed by atoms with van der Waals surface area (Å²) in [6, 6.07) is 0. The second-order valence-electron chi connectivity index (χ2n) is 1.93. The first-order valence-corrected chi connectivity index (χ1v) is 2.82. The van der Waals surface area contributed by atoms with Crippen LogP contribution in [0.3, 0.4) is 0 Å². The molecule has 0 radical (unpaired) electrons. The minimum atomic E-state index is 0. The van der Waals surface area contributed by atoms with E-state index in [0.717, 1.165) is 0 Å². The van der Waals surface area contributed by atoms with Crippen LogP contribution < -0.4 is 0 Å². The number of rotatable bonds is 0. The first-order valence-electron chi connectivity index (χ1n) is 2.82. The Morgan fingerprint density at radius 1 is 0.875 bits per heavy atom. The summed E-state index contributed by atoms with van der Waals surface area (Å²) >= 11 is 0. The fourth-order valence-electron chi connectivity index (χ4n) is 0.898. The Kier molecular flexibility index (Phi) is 10.9. The molecular weight excluding hydrogens is 149 g/mol. The van der Waals surface area contributed by atoms with E-state index < -0.39 is 0 Å². The van der Waals surface area contributed by atoms with Gasteiger partial charge in [0.2, 0.25) is 0 Å². The monoisotopic (exact) mass is 162 g/mol. The normalized spacial score (nSPS) is 18.0. The van der Waals surface area contributed by atoms with Crippen LogP contribution in [-0.4, -0.2) is 0 Å². The number of hydrogen-bond donors (Lipinski definition) is 0. The van der Waals surface area contributed by atoms with E-state index in [0.29, 0.717) is 0 Å². The average Bonchev–Trinajstić information content (AvgIpc) is 1.72. The quantitative estimate of drug-likeness (QED) is 0.380. The van der Waals surface area contributed by atoms with Crippen molar-refractivity contribution in [3.63, 3.8) is 0 Å². The van der Waals surface area contributed by atoms with Gasteiger partial charge in [-0.1, -0.05) is 19.3 Å². The predicted molar refractivity (Wildman–Crippen MR) is 33.8 cm³/mol. The molecule has 0 amide bonds. The van der Waals surface area contributed by atoms with Gasteiger partial charge in [-0.2, -0.15) is 12.8 Å². The van der Waals surface area contributed by atoms with Crippen LogP contribution in [0.15, 0.2) is 0 Å². The van der Waals surface area contributed by atoms with Crippen molar-refractivity contribution in [1.82, 2.24) is 0 Å². The standard InChI is InChI=1S/C6H11.CH3.Zn/c1-2-4-6-5-3-1;;/h1H,2-6H2;1H3;/q2*-1;+2. The molecule has 0 aromatic heterocycles. The van der Waals surface area contributed by atoms with Gasteiger partial charge in [0.25, 0.3) is 0 Å². The van der Waals surface area contributed by atoms with Crippen molar-refractivity contribution in [2.24, 2.45) is 0 Å². The van der Waals surface area contributed by atoms with E-state index in [9.17, 15) is 0 Å². The Bertz CT molecular complexity index is 19.9. The molecule has 0 spiro atoms. The Labute approximate surface area is 65.8 Å². The molecule has 44 valence electrons. The summed E-state index contributed by atoms with van der Waals surface area (Å²) in [5, 5.41) is 0. The van der Waals surface area contributed by atoms with Gasteiger partial charge in [-0.25, -0.2) is 0 Å². The summed E-state index contributed by atoms with van der Waals surface area (Å²) in [5.41, 5.74) is 0. The van der Waals surface area contributed by atoms with Gasteiger partial charge < -0.3 is 13.8 Å². The summed E-state index contributed by atoms with van der Waals surface area (Å²) in [6.45, 7) is 0. The third-order valence-electron chi connectivity index (χ3n) is 1.32. The van der Waals surface area contributed by atoms with Gasteiger partial charge in [0.15, 0.2) is 0 Å². The third-order valence-corrected chi connectivity index (χ3v) is 1.32. The molecule has 0 nitrogen and oxygen atoms in total. The first-order chi connectivity index (χ1) is 3.00. The van der Waals surface area contributed by atoms with Gasteiger partial charge in [-0.05, 0) is 0 Å². The molecule has 0 aromatic rings. The fourth-order valence-corrected chi connectivity index (χ4v) is 0.898. The van der Waals surface area contributed by atoms with Crippen molar-refractivity contribution in [1.29, 1.82) is 0 Å². The Hall–Kier alpha value is 0.623. The largest absolute Gasteiger partial charge is 2.00 e. The summed E-state index contributed by atoms with van der Waals surface area (Å²) in [4.78, 5) is 0. The van der Waals surface area contributed by atoms with Gasteiger partial charge in [-0.3, -0.25) is 0 Å². The van der Waals surface area contributed by atoms with Crippen LogP contribution in [0.2, 0.25) is 0 Å². The molecule has 1 rings (SSSR count). The van der Waals surface area contributed by atoms with Crippen LogP contribution in [0.1, 0.15) is 32.1 Å². The zero-order chi connectivity index (χ0) is 4.24. The van der Waals surface area contributed by atoms with Crippen molar-refractivity contribution < 1.29 is 19.5 Å². The summed E-state index contributed by atoms with van der Waals surface area (Å²) in [5.74, 6) is 0. The zero-order valence-corrected chi connectivity index (χ0v) is 8.79. The maximum absolute atomic E-state index is 2.39. The minimum absolute atomic E-state index is 0. The molecule has 1 aliphatic rings. The van der Waals surface area contributed by atoms with Crippen molar-refractivity contribution in [2.75, 3.05) is 0 Å². The van der Waals surface area contributed by atoms with E-state index in [2.05, 4.69) is 6.42 Å². The molecule has 0 aliphatic heterocycles. The van der Waals surface area contributed by atoms with E-state index in [1.807, 2.05) is 0 Å². The molecule has 0 N–H and O–H groups in total. The maximum Gasteiger partial charge on any atom is 2.00 e. The molecule has 0 bridgehead atoms. The summed E-state index contributed by atoms with van der Waals surface area (Å²) in [7, 11) is 0. The molecule has 0 unspecified atom stereocenters. The van der Waals surface area contributed by atoms with Gasteiger partial charge in [0.05, 0.1) is 0 Å². The maximum atomic E-state index is 2.39. The zero-order valence-electron chi connectivity index (χ0n) is 5.82. The molecule has 1 saturated carbocycles. The fraction of sp³-hybridized carbons (Fsp3) is 0.714. The number of hydrogen-bond acceptors (Lipinski definition) is 0.